The maximum atomic E-state index is 12.8. The van der Waals surface area contributed by atoms with E-state index in [1.807, 2.05) is 12.1 Å². The molecule has 18 heavy (non-hydrogen) atoms. The fourth-order valence-corrected chi connectivity index (χ4v) is 2.51. The van der Waals surface area contributed by atoms with Gasteiger partial charge in [-0.15, -0.1) is 0 Å². The van der Waals surface area contributed by atoms with Crippen molar-refractivity contribution in [3.63, 3.8) is 0 Å². The zero-order valence-electron chi connectivity index (χ0n) is 11.4. The van der Waals surface area contributed by atoms with Gasteiger partial charge in [-0.05, 0) is 37.5 Å². The molecule has 0 saturated carbocycles. The van der Waals surface area contributed by atoms with E-state index >= 15 is 0 Å². The van der Waals surface area contributed by atoms with Gasteiger partial charge < -0.3 is 5.32 Å². The fraction of sp³-hybridized carbons (Fsp3) is 0.600. The Morgan fingerprint density at radius 1 is 1.33 bits per heavy atom. The van der Waals surface area contributed by atoms with Crippen molar-refractivity contribution in [1.82, 2.24) is 10.2 Å². The third-order valence-corrected chi connectivity index (χ3v) is 3.96. The molecule has 0 spiro atoms. The highest BCUT2D eigenvalue weighted by Gasteiger charge is 2.28. The molecule has 0 bridgehead atoms. The maximum Gasteiger partial charge on any atom is 0.123 e. The van der Waals surface area contributed by atoms with Crippen molar-refractivity contribution < 1.29 is 4.39 Å². The van der Waals surface area contributed by atoms with Crippen molar-refractivity contribution >= 4 is 0 Å². The number of hydrogen-bond donors (Lipinski definition) is 1. The van der Waals surface area contributed by atoms with Gasteiger partial charge in [0.05, 0.1) is 0 Å². The van der Waals surface area contributed by atoms with Crippen LogP contribution in [0.4, 0.5) is 4.39 Å². The Labute approximate surface area is 109 Å². The first-order valence-electron chi connectivity index (χ1n) is 6.83. The standard InChI is InChI=1S/C15H23FN2/c1-3-15(2)12-18(11-9-17-15)10-8-13-4-6-14(16)7-5-13/h4-7,17H,3,8-12H2,1-2H3. The number of nitrogens with zero attached hydrogens (tertiary/aromatic N) is 1. The van der Waals surface area contributed by atoms with Crippen molar-refractivity contribution in [2.45, 2.75) is 32.2 Å². The molecular weight excluding hydrogens is 227 g/mol. The number of piperazine rings is 1. The molecule has 2 nitrogen and oxygen atoms in total. The summed E-state index contributed by atoms with van der Waals surface area (Å²) in [5.74, 6) is -0.153. The first kappa shape index (κ1) is 13.5. The largest absolute Gasteiger partial charge is 0.309 e. The molecule has 1 aliphatic rings. The van der Waals surface area contributed by atoms with E-state index in [1.54, 1.807) is 12.1 Å². The van der Waals surface area contributed by atoms with Crippen LogP contribution in [0, 0.1) is 5.82 Å². The topological polar surface area (TPSA) is 15.3 Å². The zero-order chi connectivity index (χ0) is 13.0. The monoisotopic (exact) mass is 250 g/mol. The minimum atomic E-state index is -0.153. The smallest absolute Gasteiger partial charge is 0.123 e. The molecule has 2 rings (SSSR count). The second-order valence-corrected chi connectivity index (χ2v) is 5.49. The number of hydrogen-bond acceptors (Lipinski definition) is 2. The lowest BCUT2D eigenvalue weighted by molar-refractivity contribution is 0.141. The van der Waals surface area contributed by atoms with Gasteiger partial charge in [0.1, 0.15) is 5.82 Å². The Balaban J connectivity index is 1.85. The molecule has 1 atom stereocenters. The Morgan fingerprint density at radius 2 is 2.06 bits per heavy atom. The predicted octanol–water partition coefficient (Wildman–Crippen LogP) is 2.44. The van der Waals surface area contributed by atoms with Crippen LogP contribution in [-0.4, -0.2) is 36.6 Å². The van der Waals surface area contributed by atoms with Crippen LogP contribution in [0.3, 0.4) is 0 Å². The molecule has 1 aliphatic heterocycles. The van der Waals surface area contributed by atoms with Crippen molar-refractivity contribution in [2.24, 2.45) is 0 Å². The zero-order valence-corrected chi connectivity index (χ0v) is 11.4. The van der Waals surface area contributed by atoms with Crippen molar-refractivity contribution in [3.05, 3.63) is 35.6 Å². The molecule has 0 amide bonds. The molecule has 0 radical (unpaired) electrons. The minimum absolute atomic E-state index is 0.153. The molecule has 100 valence electrons. The summed E-state index contributed by atoms with van der Waals surface area (Å²) in [6.45, 7) is 8.85. The van der Waals surface area contributed by atoms with Gasteiger partial charge >= 0.3 is 0 Å². The van der Waals surface area contributed by atoms with Gasteiger partial charge in [0, 0.05) is 31.7 Å². The van der Waals surface area contributed by atoms with Crippen LogP contribution in [0.25, 0.3) is 0 Å². The average Bonchev–Trinajstić information content (AvgIpc) is 2.38. The van der Waals surface area contributed by atoms with Gasteiger partial charge in [-0.2, -0.15) is 0 Å². The van der Waals surface area contributed by atoms with E-state index in [4.69, 9.17) is 0 Å². The van der Waals surface area contributed by atoms with E-state index in [0.717, 1.165) is 39.0 Å². The Bertz CT molecular complexity index is 377. The van der Waals surface area contributed by atoms with Crippen LogP contribution < -0.4 is 5.32 Å². The van der Waals surface area contributed by atoms with E-state index in [0.29, 0.717) is 0 Å². The molecule has 0 aliphatic carbocycles. The summed E-state index contributed by atoms with van der Waals surface area (Å²) in [5.41, 5.74) is 1.47. The van der Waals surface area contributed by atoms with Crippen LogP contribution in [0.2, 0.25) is 0 Å². The molecule has 1 N–H and O–H groups in total. The molecular formula is C15H23FN2. The maximum absolute atomic E-state index is 12.8. The van der Waals surface area contributed by atoms with Gasteiger partial charge in [-0.25, -0.2) is 4.39 Å². The van der Waals surface area contributed by atoms with E-state index in [1.165, 1.54) is 5.56 Å². The van der Waals surface area contributed by atoms with Crippen LogP contribution in [0.1, 0.15) is 25.8 Å². The number of nitrogens with one attached hydrogen (secondary N) is 1. The second kappa shape index (κ2) is 5.81. The lowest BCUT2D eigenvalue weighted by Crippen LogP contribution is -2.58. The van der Waals surface area contributed by atoms with Crippen molar-refractivity contribution in [1.29, 1.82) is 0 Å². The van der Waals surface area contributed by atoms with E-state index in [2.05, 4.69) is 24.1 Å². The van der Waals surface area contributed by atoms with Gasteiger partial charge in [-0.1, -0.05) is 19.1 Å². The molecule has 1 heterocycles. The lowest BCUT2D eigenvalue weighted by atomic mass is 9.95. The van der Waals surface area contributed by atoms with Crippen LogP contribution in [-0.2, 0) is 6.42 Å². The van der Waals surface area contributed by atoms with Gasteiger partial charge in [0.15, 0.2) is 0 Å². The van der Waals surface area contributed by atoms with E-state index < -0.39 is 0 Å². The number of rotatable bonds is 4. The van der Waals surface area contributed by atoms with E-state index in [-0.39, 0.29) is 11.4 Å². The molecule has 1 aromatic carbocycles. The molecule has 1 fully saturated rings. The predicted molar refractivity (Wildman–Crippen MR) is 73.2 cm³/mol. The highest BCUT2D eigenvalue weighted by atomic mass is 19.1. The SMILES string of the molecule is CCC1(C)CN(CCc2ccc(F)cc2)CCN1. The van der Waals surface area contributed by atoms with Gasteiger partial charge in [0.2, 0.25) is 0 Å². The van der Waals surface area contributed by atoms with Crippen molar-refractivity contribution in [3.8, 4) is 0 Å². The third-order valence-electron chi connectivity index (χ3n) is 3.96. The quantitative estimate of drug-likeness (QED) is 0.883. The summed E-state index contributed by atoms with van der Waals surface area (Å²) in [6, 6.07) is 6.86. The summed E-state index contributed by atoms with van der Waals surface area (Å²) in [5, 5.41) is 3.59. The number of benzene rings is 1. The Kier molecular flexibility index (Phi) is 4.36. The Morgan fingerprint density at radius 3 is 2.72 bits per heavy atom. The highest BCUT2D eigenvalue weighted by Crippen LogP contribution is 2.15. The summed E-state index contributed by atoms with van der Waals surface area (Å²) < 4.78 is 12.8. The van der Waals surface area contributed by atoms with E-state index in [9.17, 15) is 4.39 Å². The van der Waals surface area contributed by atoms with Crippen molar-refractivity contribution in [2.75, 3.05) is 26.2 Å². The summed E-state index contributed by atoms with van der Waals surface area (Å²) >= 11 is 0. The van der Waals surface area contributed by atoms with Gasteiger partial charge in [0.25, 0.3) is 0 Å². The third kappa shape index (κ3) is 3.53. The minimum Gasteiger partial charge on any atom is -0.309 e. The van der Waals surface area contributed by atoms with Crippen LogP contribution >= 0.6 is 0 Å². The summed E-state index contributed by atoms with van der Waals surface area (Å²) in [6.07, 6.45) is 2.15. The fourth-order valence-electron chi connectivity index (χ4n) is 2.51. The first-order valence-corrected chi connectivity index (χ1v) is 6.83. The molecule has 3 heteroatoms. The normalized spacial score (nSPS) is 25.3. The lowest BCUT2D eigenvalue weighted by Gasteiger charge is -2.41. The summed E-state index contributed by atoms with van der Waals surface area (Å²) in [4.78, 5) is 2.50. The molecule has 0 aromatic heterocycles. The highest BCUT2D eigenvalue weighted by molar-refractivity contribution is 5.16. The average molecular weight is 250 g/mol. The second-order valence-electron chi connectivity index (χ2n) is 5.49. The Hall–Kier alpha value is -0.930. The molecule has 1 aromatic rings. The molecule has 1 unspecified atom stereocenters. The van der Waals surface area contributed by atoms with Crippen LogP contribution in [0.5, 0.6) is 0 Å². The molecule has 1 saturated heterocycles. The summed E-state index contributed by atoms with van der Waals surface area (Å²) in [7, 11) is 0. The van der Waals surface area contributed by atoms with Crippen LogP contribution in [0.15, 0.2) is 24.3 Å². The van der Waals surface area contributed by atoms with Gasteiger partial charge in [-0.3, -0.25) is 4.90 Å². The first-order chi connectivity index (χ1) is 8.61. The number of halogens is 1.